The number of carbonyl (C=O) groups excluding carboxylic acids is 1. The van der Waals surface area contributed by atoms with Crippen LogP contribution >= 0.6 is 0 Å². The van der Waals surface area contributed by atoms with E-state index in [4.69, 9.17) is 9.47 Å². The number of nitrogens with one attached hydrogen (secondary N) is 1. The summed E-state index contributed by atoms with van der Waals surface area (Å²) >= 11 is 0. The van der Waals surface area contributed by atoms with Crippen molar-refractivity contribution in [1.82, 2.24) is 4.90 Å². The fourth-order valence-corrected chi connectivity index (χ4v) is 2.03. The Morgan fingerprint density at radius 3 is 2.17 bits per heavy atom. The van der Waals surface area contributed by atoms with E-state index in [1.807, 2.05) is 48.5 Å². The lowest BCUT2D eigenvalue weighted by molar-refractivity contribution is 0.0827. The Balaban J connectivity index is 1.76. The second-order valence-corrected chi connectivity index (χ2v) is 5.23. The number of rotatable bonds is 7. The van der Waals surface area contributed by atoms with Gasteiger partial charge in [0.1, 0.15) is 18.1 Å². The first kappa shape index (κ1) is 16.7. The minimum absolute atomic E-state index is 0.000566. The lowest BCUT2D eigenvalue weighted by Crippen LogP contribution is -2.21. The summed E-state index contributed by atoms with van der Waals surface area (Å²) in [6, 6.07) is 14.9. The highest BCUT2D eigenvalue weighted by Gasteiger charge is 2.06. The van der Waals surface area contributed by atoms with Crippen LogP contribution in [0.3, 0.4) is 0 Å². The highest BCUT2D eigenvalue weighted by Crippen LogP contribution is 2.17. The van der Waals surface area contributed by atoms with Gasteiger partial charge in [-0.1, -0.05) is 0 Å². The van der Waals surface area contributed by atoms with Crippen molar-refractivity contribution in [2.45, 2.75) is 0 Å². The van der Waals surface area contributed by atoms with Crippen LogP contribution in [0.1, 0.15) is 10.4 Å². The van der Waals surface area contributed by atoms with Gasteiger partial charge in [-0.3, -0.25) is 4.79 Å². The average Bonchev–Trinajstić information content (AvgIpc) is 2.59. The molecule has 0 fully saturated rings. The maximum Gasteiger partial charge on any atom is 0.253 e. The Bertz CT molecular complexity index is 622. The molecule has 0 aliphatic heterocycles. The first-order valence-corrected chi connectivity index (χ1v) is 7.42. The van der Waals surface area contributed by atoms with Crippen LogP contribution in [0.2, 0.25) is 0 Å². The number of amides is 1. The zero-order valence-corrected chi connectivity index (χ0v) is 13.7. The number of hydrogen-bond donors (Lipinski definition) is 1. The minimum atomic E-state index is -0.000566. The topological polar surface area (TPSA) is 50.8 Å². The molecule has 0 unspecified atom stereocenters. The molecule has 0 aliphatic carbocycles. The van der Waals surface area contributed by atoms with Gasteiger partial charge in [-0.05, 0) is 48.5 Å². The van der Waals surface area contributed by atoms with Gasteiger partial charge in [0.05, 0.1) is 7.11 Å². The van der Waals surface area contributed by atoms with Crippen LogP contribution in [-0.4, -0.2) is 45.2 Å². The zero-order chi connectivity index (χ0) is 16.7. The summed E-state index contributed by atoms with van der Waals surface area (Å²) in [5.41, 5.74) is 1.63. The third-order valence-electron chi connectivity index (χ3n) is 3.30. The van der Waals surface area contributed by atoms with E-state index < -0.39 is 0 Å². The number of benzene rings is 2. The fraction of sp³-hybridized carbons (Fsp3) is 0.278. The van der Waals surface area contributed by atoms with Crippen molar-refractivity contribution in [2.75, 3.05) is 39.7 Å². The van der Waals surface area contributed by atoms with Crippen LogP contribution in [0.5, 0.6) is 11.5 Å². The van der Waals surface area contributed by atoms with Gasteiger partial charge in [-0.25, -0.2) is 0 Å². The van der Waals surface area contributed by atoms with Gasteiger partial charge in [0.15, 0.2) is 0 Å². The molecule has 5 nitrogen and oxygen atoms in total. The number of carbonyl (C=O) groups is 1. The second kappa shape index (κ2) is 8.08. The van der Waals surface area contributed by atoms with Gasteiger partial charge in [0.25, 0.3) is 5.91 Å². The first-order chi connectivity index (χ1) is 11.1. The maximum atomic E-state index is 11.8. The summed E-state index contributed by atoms with van der Waals surface area (Å²) in [5.74, 6) is 1.61. The molecule has 0 bridgehead atoms. The molecule has 1 N–H and O–H groups in total. The fourth-order valence-electron chi connectivity index (χ4n) is 2.03. The number of nitrogens with zero attached hydrogens (tertiary/aromatic N) is 1. The van der Waals surface area contributed by atoms with Crippen molar-refractivity contribution >= 4 is 11.6 Å². The summed E-state index contributed by atoms with van der Waals surface area (Å²) in [4.78, 5) is 13.4. The largest absolute Gasteiger partial charge is 0.497 e. The summed E-state index contributed by atoms with van der Waals surface area (Å²) in [6.07, 6.45) is 0. The lowest BCUT2D eigenvalue weighted by Gasteiger charge is -2.12. The molecule has 0 aliphatic rings. The van der Waals surface area contributed by atoms with Gasteiger partial charge in [0, 0.05) is 31.9 Å². The van der Waals surface area contributed by atoms with Crippen LogP contribution in [0.15, 0.2) is 48.5 Å². The molecule has 2 aromatic carbocycles. The van der Waals surface area contributed by atoms with E-state index >= 15 is 0 Å². The highest BCUT2D eigenvalue weighted by molar-refractivity contribution is 5.94. The molecule has 0 saturated heterocycles. The highest BCUT2D eigenvalue weighted by atomic mass is 16.5. The third-order valence-corrected chi connectivity index (χ3v) is 3.30. The minimum Gasteiger partial charge on any atom is -0.497 e. The lowest BCUT2D eigenvalue weighted by atomic mass is 10.2. The van der Waals surface area contributed by atoms with Crippen LogP contribution in [0.25, 0.3) is 0 Å². The predicted molar refractivity (Wildman–Crippen MR) is 91.4 cm³/mol. The molecular formula is C18H22N2O3. The molecule has 0 heterocycles. The summed E-state index contributed by atoms with van der Waals surface area (Å²) < 4.78 is 10.7. The normalized spacial score (nSPS) is 10.0. The number of methoxy groups -OCH3 is 1. The van der Waals surface area contributed by atoms with E-state index in [0.29, 0.717) is 18.7 Å². The Hall–Kier alpha value is -2.69. The molecule has 1 amide bonds. The molecule has 5 heteroatoms. The van der Waals surface area contributed by atoms with Crippen molar-refractivity contribution in [3.63, 3.8) is 0 Å². The van der Waals surface area contributed by atoms with Crippen molar-refractivity contribution in [3.8, 4) is 11.5 Å². The van der Waals surface area contributed by atoms with Gasteiger partial charge >= 0.3 is 0 Å². The Kier molecular flexibility index (Phi) is 5.86. The summed E-state index contributed by atoms with van der Waals surface area (Å²) in [6.45, 7) is 1.22. The average molecular weight is 314 g/mol. The van der Waals surface area contributed by atoms with Crippen LogP contribution < -0.4 is 14.8 Å². The van der Waals surface area contributed by atoms with Crippen molar-refractivity contribution in [1.29, 1.82) is 0 Å². The molecule has 0 aromatic heterocycles. The molecule has 0 saturated carbocycles. The van der Waals surface area contributed by atoms with Crippen molar-refractivity contribution < 1.29 is 14.3 Å². The van der Waals surface area contributed by atoms with Crippen LogP contribution in [-0.2, 0) is 0 Å². The molecule has 0 radical (unpaired) electrons. The summed E-state index contributed by atoms with van der Waals surface area (Å²) in [5, 5.41) is 3.26. The molecule has 23 heavy (non-hydrogen) atoms. The standard InChI is InChI=1S/C18H22N2O3/c1-20(2)18(21)14-4-6-15(7-5-14)19-12-13-23-17-10-8-16(22-3)9-11-17/h4-11,19H,12-13H2,1-3H3. The number of hydrogen-bond acceptors (Lipinski definition) is 4. The second-order valence-electron chi connectivity index (χ2n) is 5.23. The molecule has 0 atom stereocenters. The van der Waals surface area contributed by atoms with Crippen molar-refractivity contribution in [2.24, 2.45) is 0 Å². The van der Waals surface area contributed by atoms with Gasteiger partial charge in [0.2, 0.25) is 0 Å². The van der Waals surface area contributed by atoms with Gasteiger partial charge in [-0.15, -0.1) is 0 Å². The van der Waals surface area contributed by atoms with Crippen LogP contribution in [0, 0.1) is 0 Å². The zero-order valence-electron chi connectivity index (χ0n) is 13.7. The molecule has 2 aromatic rings. The smallest absolute Gasteiger partial charge is 0.253 e. The van der Waals surface area contributed by atoms with E-state index in [2.05, 4.69) is 5.32 Å². The van der Waals surface area contributed by atoms with Gasteiger partial charge < -0.3 is 19.7 Å². The Labute approximate surface area is 136 Å². The van der Waals surface area contributed by atoms with E-state index in [9.17, 15) is 4.79 Å². The molecule has 122 valence electrons. The quantitative estimate of drug-likeness (QED) is 0.799. The van der Waals surface area contributed by atoms with E-state index in [1.165, 1.54) is 0 Å². The number of ether oxygens (including phenoxy) is 2. The molecule has 0 spiro atoms. The molecule has 2 rings (SSSR count). The summed E-state index contributed by atoms with van der Waals surface area (Å²) in [7, 11) is 5.12. The third kappa shape index (κ3) is 4.92. The number of anilines is 1. The predicted octanol–water partition coefficient (Wildman–Crippen LogP) is 2.89. The maximum absolute atomic E-state index is 11.8. The Morgan fingerprint density at radius 2 is 1.61 bits per heavy atom. The first-order valence-electron chi connectivity index (χ1n) is 7.42. The van der Waals surface area contributed by atoms with E-state index in [-0.39, 0.29) is 5.91 Å². The Morgan fingerprint density at radius 1 is 1.00 bits per heavy atom. The molecular weight excluding hydrogens is 292 g/mol. The van der Waals surface area contributed by atoms with Gasteiger partial charge in [-0.2, -0.15) is 0 Å². The monoisotopic (exact) mass is 314 g/mol. The van der Waals surface area contributed by atoms with Crippen molar-refractivity contribution in [3.05, 3.63) is 54.1 Å². The van der Waals surface area contributed by atoms with Crippen LogP contribution in [0.4, 0.5) is 5.69 Å². The SMILES string of the molecule is COc1ccc(OCCNc2ccc(C(=O)N(C)C)cc2)cc1. The van der Waals surface area contributed by atoms with E-state index in [1.54, 1.807) is 26.1 Å². The van der Waals surface area contributed by atoms with E-state index in [0.717, 1.165) is 17.2 Å².